The van der Waals surface area contributed by atoms with E-state index < -0.39 is 0 Å². The van der Waals surface area contributed by atoms with Gasteiger partial charge in [-0.2, -0.15) is 0 Å². The fourth-order valence-electron chi connectivity index (χ4n) is 3.88. The largest absolute Gasteiger partial charge is 0.496 e. The summed E-state index contributed by atoms with van der Waals surface area (Å²) in [6.07, 6.45) is 1.07. The van der Waals surface area contributed by atoms with E-state index in [4.69, 9.17) is 9.47 Å². The van der Waals surface area contributed by atoms with Crippen molar-refractivity contribution in [2.75, 3.05) is 47.0 Å². The highest BCUT2D eigenvalue weighted by Gasteiger charge is 2.41. The van der Waals surface area contributed by atoms with Crippen LogP contribution in [0, 0.1) is 12.3 Å². The number of carbonyl (C=O) groups is 1. The number of rotatable bonds is 3. The summed E-state index contributed by atoms with van der Waals surface area (Å²) in [6.45, 7) is 6.61. The Morgan fingerprint density at radius 3 is 2.96 bits per heavy atom. The number of nitrogens with zero attached hydrogens (tertiary/aromatic N) is 2. The summed E-state index contributed by atoms with van der Waals surface area (Å²) in [5.74, 6) is 1.07. The molecule has 1 amide bonds. The molecule has 2 saturated heterocycles. The van der Waals surface area contributed by atoms with E-state index in [1.54, 1.807) is 7.11 Å². The van der Waals surface area contributed by atoms with Crippen LogP contribution < -0.4 is 4.74 Å². The van der Waals surface area contributed by atoms with Gasteiger partial charge in [-0.15, -0.1) is 0 Å². The number of amides is 1. The van der Waals surface area contributed by atoms with Crippen LogP contribution in [0.1, 0.15) is 17.5 Å². The number of likely N-dealkylation sites (N-methyl/N-ethyl adjacent to an activating group) is 1. The highest BCUT2D eigenvalue weighted by atomic mass is 16.5. The number of ether oxygens (including phenoxy) is 2. The Morgan fingerprint density at radius 2 is 2.17 bits per heavy atom. The van der Waals surface area contributed by atoms with E-state index in [-0.39, 0.29) is 17.9 Å². The summed E-state index contributed by atoms with van der Waals surface area (Å²) in [5, 5.41) is 0. The van der Waals surface area contributed by atoms with Gasteiger partial charge in [0.2, 0.25) is 5.91 Å². The first-order valence-corrected chi connectivity index (χ1v) is 8.19. The molecule has 2 aliphatic rings. The molecule has 2 aliphatic heterocycles. The number of carbonyl (C=O) groups excluding carboxylic acids is 1. The van der Waals surface area contributed by atoms with Gasteiger partial charge in [0.15, 0.2) is 0 Å². The molecule has 5 nitrogen and oxygen atoms in total. The predicted octanol–water partition coefficient (Wildman–Crippen LogP) is 1.68. The molecule has 1 aromatic carbocycles. The van der Waals surface area contributed by atoms with Gasteiger partial charge in [0.25, 0.3) is 0 Å². The van der Waals surface area contributed by atoms with E-state index in [1.165, 1.54) is 11.1 Å². The van der Waals surface area contributed by atoms with Crippen molar-refractivity contribution in [2.24, 2.45) is 5.41 Å². The average molecular weight is 318 g/mol. The molecule has 1 spiro atoms. The molecular formula is C18H26N2O3. The second-order valence-corrected chi connectivity index (χ2v) is 6.97. The third-order valence-electron chi connectivity index (χ3n) is 5.04. The SMILES string of the molecule is COc1c(C)cccc1CN1CCC2(COCC(=O)N(C)C2)C1. The van der Waals surface area contributed by atoms with Gasteiger partial charge < -0.3 is 14.4 Å². The normalized spacial score (nSPS) is 25.9. The first-order valence-electron chi connectivity index (χ1n) is 8.19. The van der Waals surface area contributed by atoms with Crippen LogP contribution in [0.3, 0.4) is 0 Å². The smallest absolute Gasteiger partial charge is 0.248 e. The quantitative estimate of drug-likeness (QED) is 0.850. The second kappa shape index (κ2) is 6.49. The van der Waals surface area contributed by atoms with E-state index in [1.807, 2.05) is 11.9 Å². The third kappa shape index (κ3) is 3.35. The van der Waals surface area contributed by atoms with Gasteiger partial charge in [-0.1, -0.05) is 18.2 Å². The van der Waals surface area contributed by atoms with Gasteiger partial charge in [-0.3, -0.25) is 9.69 Å². The summed E-state index contributed by atoms with van der Waals surface area (Å²) in [7, 11) is 3.61. The first-order chi connectivity index (χ1) is 11.0. The molecule has 23 heavy (non-hydrogen) atoms. The van der Waals surface area contributed by atoms with Crippen molar-refractivity contribution >= 4 is 5.91 Å². The standard InChI is InChI=1S/C18H26N2O3/c1-14-5-4-6-15(17(14)22-3)9-20-8-7-18(12-20)11-19(2)16(21)10-23-13-18/h4-6H,7-13H2,1-3H3. The molecule has 0 aromatic heterocycles. The zero-order chi connectivity index (χ0) is 16.4. The number of benzene rings is 1. The van der Waals surface area contributed by atoms with E-state index in [0.717, 1.165) is 38.3 Å². The predicted molar refractivity (Wildman–Crippen MR) is 88.5 cm³/mol. The molecule has 1 aromatic rings. The summed E-state index contributed by atoms with van der Waals surface area (Å²) < 4.78 is 11.2. The summed E-state index contributed by atoms with van der Waals surface area (Å²) in [6, 6.07) is 6.30. The van der Waals surface area contributed by atoms with Crippen molar-refractivity contribution in [1.29, 1.82) is 0 Å². The maximum absolute atomic E-state index is 11.8. The lowest BCUT2D eigenvalue weighted by molar-refractivity contribution is -0.132. The van der Waals surface area contributed by atoms with Gasteiger partial charge in [-0.25, -0.2) is 0 Å². The summed E-state index contributed by atoms with van der Waals surface area (Å²) in [4.78, 5) is 16.1. The molecular weight excluding hydrogens is 292 g/mol. The van der Waals surface area contributed by atoms with Gasteiger partial charge >= 0.3 is 0 Å². The van der Waals surface area contributed by atoms with Crippen molar-refractivity contribution in [3.8, 4) is 5.75 Å². The van der Waals surface area contributed by atoms with Crippen molar-refractivity contribution < 1.29 is 14.3 Å². The lowest BCUT2D eigenvalue weighted by Gasteiger charge is -2.30. The van der Waals surface area contributed by atoms with Crippen molar-refractivity contribution in [1.82, 2.24) is 9.80 Å². The minimum atomic E-state index is 0.0674. The topological polar surface area (TPSA) is 42.0 Å². The van der Waals surface area contributed by atoms with Crippen molar-refractivity contribution in [3.05, 3.63) is 29.3 Å². The zero-order valence-corrected chi connectivity index (χ0v) is 14.3. The Hall–Kier alpha value is -1.59. The van der Waals surface area contributed by atoms with Gasteiger partial charge in [0.05, 0.1) is 13.7 Å². The van der Waals surface area contributed by atoms with Crippen LogP contribution >= 0.6 is 0 Å². The van der Waals surface area contributed by atoms with Crippen LogP contribution in [0.2, 0.25) is 0 Å². The Labute approximate surface area is 138 Å². The Bertz CT molecular complexity index is 590. The minimum absolute atomic E-state index is 0.0674. The molecule has 0 saturated carbocycles. The van der Waals surface area contributed by atoms with E-state index in [2.05, 4.69) is 30.0 Å². The van der Waals surface area contributed by atoms with Crippen LogP contribution in [0.4, 0.5) is 0 Å². The lowest BCUT2D eigenvalue weighted by Crippen LogP contribution is -2.40. The first kappa shape index (κ1) is 16.3. The Balaban J connectivity index is 1.71. The number of likely N-dealkylation sites (tertiary alicyclic amines) is 1. The van der Waals surface area contributed by atoms with Crippen molar-refractivity contribution in [2.45, 2.75) is 19.9 Å². The molecule has 2 heterocycles. The molecule has 2 fully saturated rings. The highest BCUT2D eigenvalue weighted by molar-refractivity contribution is 5.77. The number of methoxy groups -OCH3 is 1. The summed E-state index contributed by atoms with van der Waals surface area (Å²) in [5.41, 5.74) is 2.46. The van der Waals surface area contributed by atoms with Crippen LogP contribution in [-0.2, 0) is 16.1 Å². The molecule has 1 unspecified atom stereocenters. The lowest BCUT2D eigenvalue weighted by atomic mass is 9.88. The van der Waals surface area contributed by atoms with Crippen LogP contribution in [0.5, 0.6) is 5.75 Å². The summed E-state index contributed by atoms with van der Waals surface area (Å²) >= 11 is 0. The van der Waals surface area contributed by atoms with Crippen LogP contribution in [0.15, 0.2) is 18.2 Å². The number of aryl methyl sites for hydroxylation is 1. The molecule has 0 N–H and O–H groups in total. The van der Waals surface area contributed by atoms with Crippen LogP contribution in [0.25, 0.3) is 0 Å². The molecule has 1 atom stereocenters. The molecule has 0 aliphatic carbocycles. The second-order valence-electron chi connectivity index (χ2n) is 6.97. The number of para-hydroxylation sites is 1. The fraction of sp³-hybridized carbons (Fsp3) is 0.611. The van der Waals surface area contributed by atoms with Gasteiger partial charge in [0.1, 0.15) is 12.4 Å². The third-order valence-corrected chi connectivity index (χ3v) is 5.04. The molecule has 3 rings (SSSR count). The highest BCUT2D eigenvalue weighted by Crippen LogP contribution is 2.35. The zero-order valence-electron chi connectivity index (χ0n) is 14.3. The number of hydrogen-bond acceptors (Lipinski definition) is 4. The Morgan fingerprint density at radius 1 is 1.35 bits per heavy atom. The van der Waals surface area contributed by atoms with Crippen LogP contribution in [-0.4, -0.2) is 62.7 Å². The Kier molecular flexibility index (Phi) is 4.60. The van der Waals surface area contributed by atoms with Gasteiger partial charge in [0, 0.05) is 37.7 Å². The maximum Gasteiger partial charge on any atom is 0.248 e. The van der Waals surface area contributed by atoms with E-state index >= 15 is 0 Å². The van der Waals surface area contributed by atoms with Crippen molar-refractivity contribution in [3.63, 3.8) is 0 Å². The van der Waals surface area contributed by atoms with Gasteiger partial charge in [-0.05, 0) is 25.5 Å². The average Bonchev–Trinajstić information content (AvgIpc) is 2.83. The number of hydrogen-bond donors (Lipinski definition) is 0. The fourth-order valence-corrected chi connectivity index (χ4v) is 3.88. The minimum Gasteiger partial charge on any atom is -0.496 e. The molecule has 0 radical (unpaired) electrons. The molecule has 5 heteroatoms. The molecule has 0 bridgehead atoms. The van der Waals surface area contributed by atoms with E-state index in [0.29, 0.717) is 6.61 Å². The maximum atomic E-state index is 11.8. The monoisotopic (exact) mass is 318 g/mol. The molecule has 126 valence electrons. The van der Waals surface area contributed by atoms with E-state index in [9.17, 15) is 4.79 Å².